The third-order valence-electron chi connectivity index (χ3n) is 4.55. The number of likely N-dealkylation sites (N-methyl/N-ethyl adjacent to an activating group) is 1. The minimum atomic E-state index is -0.690. The third-order valence-corrected chi connectivity index (χ3v) is 5.65. The molecule has 0 saturated carbocycles. The molecule has 144 valence electrons. The molecule has 8 heteroatoms. The molecule has 0 aliphatic carbocycles. The number of hydrogen-bond acceptors (Lipinski definition) is 5. The number of amides is 3. The van der Waals surface area contributed by atoms with E-state index in [2.05, 4.69) is 15.5 Å². The molecular formula is C19H24N4O3S. The zero-order chi connectivity index (χ0) is 19.4. The maximum absolute atomic E-state index is 12.8. The van der Waals surface area contributed by atoms with E-state index < -0.39 is 6.03 Å². The summed E-state index contributed by atoms with van der Waals surface area (Å²) in [5.74, 6) is 0.556. The molecule has 1 atom stereocenters. The van der Waals surface area contributed by atoms with Crippen LogP contribution in [-0.4, -0.2) is 50.1 Å². The van der Waals surface area contributed by atoms with E-state index in [-0.39, 0.29) is 11.9 Å². The average Bonchev–Trinajstić information content (AvgIpc) is 3.05. The van der Waals surface area contributed by atoms with Crippen LogP contribution in [0.15, 0.2) is 30.3 Å². The number of ether oxygens (including phenoxy) is 1. The Kier molecular flexibility index (Phi) is 5.98. The van der Waals surface area contributed by atoms with E-state index in [4.69, 9.17) is 10.5 Å². The average molecular weight is 388 g/mol. The fourth-order valence-electron chi connectivity index (χ4n) is 3.21. The first-order valence-corrected chi connectivity index (χ1v) is 9.62. The highest BCUT2D eigenvalue weighted by atomic mass is 32.1. The van der Waals surface area contributed by atoms with Crippen molar-refractivity contribution in [1.82, 2.24) is 10.2 Å². The van der Waals surface area contributed by atoms with Crippen molar-refractivity contribution in [2.75, 3.05) is 32.6 Å². The van der Waals surface area contributed by atoms with Crippen LogP contribution in [0.2, 0.25) is 0 Å². The van der Waals surface area contributed by atoms with E-state index in [9.17, 15) is 9.59 Å². The summed E-state index contributed by atoms with van der Waals surface area (Å²) in [6.07, 6.45) is 2.00. The lowest BCUT2D eigenvalue weighted by atomic mass is 10.1. The highest BCUT2D eigenvalue weighted by Gasteiger charge is 2.23. The van der Waals surface area contributed by atoms with Crippen LogP contribution in [0.4, 0.5) is 9.80 Å². The van der Waals surface area contributed by atoms with Crippen LogP contribution in [0.3, 0.4) is 0 Å². The minimum Gasteiger partial charge on any atom is -0.497 e. The molecule has 27 heavy (non-hydrogen) atoms. The lowest BCUT2D eigenvalue weighted by molar-refractivity contribution is 0.0914. The Labute approximate surface area is 162 Å². The van der Waals surface area contributed by atoms with Gasteiger partial charge in [0.25, 0.3) is 5.91 Å². The smallest absolute Gasteiger partial charge is 0.317 e. The molecule has 0 spiro atoms. The van der Waals surface area contributed by atoms with E-state index in [1.807, 2.05) is 31.3 Å². The standard InChI is InChI=1S/C19H24N4O3S/c1-23-9-3-4-13(11-23)21-17(24)15-10-16(27-18(15)22-19(20)25)12-5-7-14(26-2)8-6-12/h5-8,10,13H,3-4,9,11H2,1-2H3,(H,21,24)(H3,20,22,25). The van der Waals surface area contributed by atoms with Crippen molar-refractivity contribution >= 4 is 28.3 Å². The molecule has 1 aliphatic rings. The fourth-order valence-corrected chi connectivity index (χ4v) is 4.27. The molecular weight excluding hydrogens is 364 g/mol. The summed E-state index contributed by atoms with van der Waals surface area (Å²) in [6, 6.07) is 8.74. The number of hydrogen-bond donors (Lipinski definition) is 3. The largest absolute Gasteiger partial charge is 0.497 e. The molecule has 1 aliphatic heterocycles. The molecule has 2 heterocycles. The second-order valence-corrected chi connectivity index (χ2v) is 7.70. The molecule has 1 saturated heterocycles. The second kappa shape index (κ2) is 8.41. The van der Waals surface area contributed by atoms with Crippen molar-refractivity contribution in [2.24, 2.45) is 5.73 Å². The van der Waals surface area contributed by atoms with Crippen LogP contribution in [0, 0.1) is 0 Å². The molecule has 1 unspecified atom stereocenters. The second-order valence-electron chi connectivity index (χ2n) is 6.65. The monoisotopic (exact) mass is 388 g/mol. The first kappa shape index (κ1) is 19.2. The van der Waals surface area contributed by atoms with Gasteiger partial charge >= 0.3 is 6.03 Å². The first-order chi connectivity index (χ1) is 13.0. The molecule has 0 bridgehead atoms. The normalized spacial score (nSPS) is 17.3. The van der Waals surface area contributed by atoms with Gasteiger partial charge in [0.2, 0.25) is 0 Å². The van der Waals surface area contributed by atoms with Crippen LogP contribution in [0.1, 0.15) is 23.2 Å². The lowest BCUT2D eigenvalue weighted by Crippen LogP contribution is -2.46. The summed E-state index contributed by atoms with van der Waals surface area (Å²) in [7, 11) is 3.66. The van der Waals surface area contributed by atoms with Gasteiger partial charge in [-0.2, -0.15) is 0 Å². The summed E-state index contributed by atoms with van der Waals surface area (Å²) in [6.45, 7) is 1.86. The van der Waals surface area contributed by atoms with E-state index >= 15 is 0 Å². The zero-order valence-electron chi connectivity index (χ0n) is 15.5. The van der Waals surface area contributed by atoms with Gasteiger partial charge in [0.1, 0.15) is 10.8 Å². The van der Waals surface area contributed by atoms with Crippen molar-refractivity contribution < 1.29 is 14.3 Å². The van der Waals surface area contributed by atoms with Crippen LogP contribution in [0.25, 0.3) is 10.4 Å². The topological polar surface area (TPSA) is 96.7 Å². The Morgan fingerprint density at radius 1 is 1.30 bits per heavy atom. The Bertz CT molecular complexity index is 819. The van der Waals surface area contributed by atoms with Crippen LogP contribution in [-0.2, 0) is 0 Å². The fraction of sp³-hybridized carbons (Fsp3) is 0.368. The van der Waals surface area contributed by atoms with Crippen molar-refractivity contribution in [3.8, 4) is 16.2 Å². The SMILES string of the molecule is COc1ccc(-c2cc(C(=O)NC3CCCN(C)C3)c(NC(N)=O)s2)cc1. The molecule has 1 aromatic carbocycles. The number of carbonyl (C=O) groups is 2. The van der Waals surface area contributed by atoms with E-state index in [1.54, 1.807) is 13.2 Å². The zero-order valence-corrected chi connectivity index (χ0v) is 16.3. The van der Waals surface area contributed by atoms with E-state index in [0.717, 1.165) is 42.1 Å². The van der Waals surface area contributed by atoms with Crippen LogP contribution >= 0.6 is 11.3 Å². The number of rotatable bonds is 5. The van der Waals surface area contributed by atoms with Gasteiger partial charge in [-0.25, -0.2) is 4.79 Å². The Balaban J connectivity index is 1.84. The maximum atomic E-state index is 12.8. The maximum Gasteiger partial charge on any atom is 0.317 e. The van der Waals surface area contributed by atoms with Crippen LogP contribution in [0.5, 0.6) is 5.75 Å². The predicted octanol–water partition coefficient (Wildman–Crippen LogP) is 2.74. The minimum absolute atomic E-state index is 0.0991. The molecule has 4 N–H and O–H groups in total. The molecule has 7 nitrogen and oxygen atoms in total. The van der Waals surface area contributed by atoms with Gasteiger partial charge in [0.05, 0.1) is 12.7 Å². The van der Waals surface area contributed by atoms with Crippen molar-refractivity contribution in [2.45, 2.75) is 18.9 Å². The summed E-state index contributed by atoms with van der Waals surface area (Å²) >= 11 is 1.32. The number of urea groups is 1. The Morgan fingerprint density at radius 3 is 2.67 bits per heavy atom. The lowest BCUT2D eigenvalue weighted by Gasteiger charge is -2.30. The van der Waals surface area contributed by atoms with Gasteiger partial charge in [-0.1, -0.05) is 0 Å². The Hall–Kier alpha value is -2.58. The van der Waals surface area contributed by atoms with Crippen molar-refractivity contribution in [3.63, 3.8) is 0 Å². The number of methoxy groups -OCH3 is 1. The predicted molar refractivity (Wildman–Crippen MR) is 107 cm³/mol. The number of likely N-dealkylation sites (tertiary alicyclic amines) is 1. The highest BCUT2D eigenvalue weighted by Crippen LogP contribution is 2.36. The van der Waals surface area contributed by atoms with Gasteiger partial charge in [-0.05, 0) is 62.3 Å². The van der Waals surface area contributed by atoms with Gasteiger partial charge in [-0.15, -0.1) is 11.3 Å². The number of benzene rings is 1. The molecule has 0 radical (unpaired) electrons. The Morgan fingerprint density at radius 2 is 2.04 bits per heavy atom. The van der Waals surface area contributed by atoms with Gasteiger partial charge in [0.15, 0.2) is 0 Å². The molecule has 3 amide bonds. The third kappa shape index (κ3) is 4.78. The number of nitrogens with two attached hydrogens (primary N) is 1. The van der Waals surface area contributed by atoms with Crippen molar-refractivity contribution in [3.05, 3.63) is 35.9 Å². The number of nitrogens with zero attached hydrogens (tertiary/aromatic N) is 1. The summed E-state index contributed by atoms with van der Waals surface area (Å²) < 4.78 is 5.18. The molecule has 3 rings (SSSR count). The number of piperidine rings is 1. The number of anilines is 1. The quantitative estimate of drug-likeness (QED) is 0.734. The highest BCUT2D eigenvalue weighted by molar-refractivity contribution is 7.20. The van der Waals surface area contributed by atoms with Crippen LogP contribution < -0.4 is 21.1 Å². The number of thiophene rings is 1. The molecule has 2 aromatic rings. The van der Waals surface area contributed by atoms with Crippen molar-refractivity contribution in [1.29, 1.82) is 0 Å². The van der Waals surface area contributed by atoms with Gasteiger partial charge in [0, 0.05) is 17.5 Å². The van der Waals surface area contributed by atoms with E-state index in [0.29, 0.717) is 10.6 Å². The van der Waals surface area contributed by atoms with Gasteiger partial charge in [-0.3, -0.25) is 10.1 Å². The molecule has 1 fully saturated rings. The molecule has 1 aromatic heterocycles. The summed E-state index contributed by atoms with van der Waals surface area (Å²) in [4.78, 5) is 27.3. The number of carbonyl (C=O) groups excluding carboxylic acids is 2. The van der Waals surface area contributed by atoms with E-state index in [1.165, 1.54) is 11.3 Å². The van der Waals surface area contributed by atoms with Gasteiger partial charge < -0.3 is 20.7 Å². The number of nitrogens with one attached hydrogen (secondary N) is 2. The number of primary amides is 1. The summed E-state index contributed by atoms with van der Waals surface area (Å²) in [5, 5.41) is 6.10. The summed E-state index contributed by atoms with van der Waals surface area (Å²) in [5.41, 5.74) is 6.65. The first-order valence-electron chi connectivity index (χ1n) is 8.80.